The summed E-state index contributed by atoms with van der Waals surface area (Å²) in [6, 6.07) is -0.386. The van der Waals surface area contributed by atoms with Crippen molar-refractivity contribution in [3.05, 3.63) is 12.0 Å². The number of rotatable bonds is 2. The average molecular weight is 309 g/mol. The average Bonchev–Trinajstić information content (AvgIpc) is 2.97. The van der Waals surface area contributed by atoms with E-state index in [1.807, 2.05) is 0 Å². The van der Waals surface area contributed by atoms with Crippen molar-refractivity contribution < 1.29 is 9.18 Å². The third kappa shape index (κ3) is 2.76. The van der Waals surface area contributed by atoms with Gasteiger partial charge in [-0.05, 0) is 19.3 Å². The van der Waals surface area contributed by atoms with Crippen LogP contribution in [0.3, 0.4) is 0 Å². The van der Waals surface area contributed by atoms with E-state index in [0.29, 0.717) is 10.5 Å². The van der Waals surface area contributed by atoms with Crippen molar-refractivity contribution in [2.45, 2.75) is 19.3 Å². The lowest BCUT2D eigenvalue weighted by Gasteiger charge is -2.25. The zero-order chi connectivity index (χ0) is 14.8. The SMILES string of the molecule is CNC(=O)Nc1ncc(F)c2nc(N3CCCCC3)sc12. The molecule has 0 radical (unpaired) electrons. The molecule has 2 aromatic rings. The number of urea groups is 1. The molecule has 3 heterocycles. The summed E-state index contributed by atoms with van der Waals surface area (Å²) in [4.78, 5) is 21.9. The van der Waals surface area contributed by atoms with E-state index < -0.39 is 5.82 Å². The van der Waals surface area contributed by atoms with Gasteiger partial charge in [-0.1, -0.05) is 11.3 Å². The second-order valence-corrected chi connectivity index (χ2v) is 5.86. The summed E-state index contributed by atoms with van der Waals surface area (Å²) >= 11 is 1.37. The summed E-state index contributed by atoms with van der Waals surface area (Å²) in [6.07, 6.45) is 4.56. The number of aromatic nitrogens is 2. The molecule has 112 valence electrons. The van der Waals surface area contributed by atoms with E-state index in [0.717, 1.165) is 37.3 Å². The Kier molecular flexibility index (Phi) is 3.87. The Balaban J connectivity index is 2.00. The monoisotopic (exact) mass is 309 g/mol. The first-order chi connectivity index (χ1) is 10.2. The number of fused-ring (bicyclic) bond motifs is 1. The topological polar surface area (TPSA) is 70.1 Å². The third-order valence-corrected chi connectivity index (χ3v) is 4.57. The molecule has 3 rings (SSSR count). The number of halogens is 1. The van der Waals surface area contributed by atoms with E-state index in [2.05, 4.69) is 25.5 Å². The highest BCUT2D eigenvalue weighted by Gasteiger charge is 2.19. The van der Waals surface area contributed by atoms with Gasteiger partial charge in [0.15, 0.2) is 16.8 Å². The molecule has 1 aliphatic rings. The molecule has 6 nitrogen and oxygen atoms in total. The van der Waals surface area contributed by atoms with Gasteiger partial charge >= 0.3 is 6.03 Å². The van der Waals surface area contributed by atoms with Crippen LogP contribution in [-0.2, 0) is 0 Å². The molecule has 0 spiro atoms. The fourth-order valence-corrected chi connectivity index (χ4v) is 3.42. The molecule has 8 heteroatoms. The highest BCUT2D eigenvalue weighted by Crippen LogP contribution is 2.35. The zero-order valence-electron chi connectivity index (χ0n) is 11.6. The van der Waals surface area contributed by atoms with Gasteiger partial charge in [0.05, 0.1) is 6.20 Å². The lowest BCUT2D eigenvalue weighted by atomic mass is 10.1. The molecule has 2 aromatic heterocycles. The Hall–Kier alpha value is -1.96. The van der Waals surface area contributed by atoms with Crippen LogP contribution in [-0.4, -0.2) is 36.1 Å². The van der Waals surface area contributed by atoms with E-state index in [-0.39, 0.29) is 11.5 Å². The second kappa shape index (κ2) is 5.80. The fourth-order valence-electron chi connectivity index (χ4n) is 2.35. The van der Waals surface area contributed by atoms with Crippen LogP contribution in [0.5, 0.6) is 0 Å². The minimum atomic E-state index is -0.466. The molecular formula is C13H16FN5OS. The summed E-state index contributed by atoms with van der Waals surface area (Å²) < 4.78 is 14.5. The molecule has 21 heavy (non-hydrogen) atoms. The van der Waals surface area contributed by atoms with Crippen molar-refractivity contribution in [2.75, 3.05) is 30.4 Å². The van der Waals surface area contributed by atoms with Gasteiger partial charge in [-0.3, -0.25) is 5.32 Å². The Morgan fingerprint density at radius 2 is 2.14 bits per heavy atom. The van der Waals surface area contributed by atoms with Crippen LogP contribution >= 0.6 is 11.3 Å². The minimum Gasteiger partial charge on any atom is -0.348 e. The van der Waals surface area contributed by atoms with Crippen molar-refractivity contribution in [1.82, 2.24) is 15.3 Å². The van der Waals surface area contributed by atoms with Crippen LogP contribution in [0.15, 0.2) is 6.20 Å². The van der Waals surface area contributed by atoms with Gasteiger partial charge in [0.2, 0.25) is 0 Å². The summed E-state index contributed by atoms with van der Waals surface area (Å²) in [5.74, 6) is -0.126. The van der Waals surface area contributed by atoms with E-state index >= 15 is 0 Å². The first kappa shape index (κ1) is 14.0. The van der Waals surface area contributed by atoms with E-state index in [1.54, 1.807) is 0 Å². The number of amides is 2. The lowest BCUT2D eigenvalue weighted by Crippen LogP contribution is -2.29. The van der Waals surface area contributed by atoms with Crippen molar-refractivity contribution in [1.29, 1.82) is 0 Å². The predicted molar refractivity (Wildman–Crippen MR) is 81.5 cm³/mol. The van der Waals surface area contributed by atoms with Crippen LogP contribution in [0, 0.1) is 5.82 Å². The van der Waals surface area contributed by atoms with Gasteiger partial charge in [0.25, 0.3) is 0 Å². The van der Waals surface area contributed by atoms with Gasteiger partial charge in [-0.25, -0.2) is 19.2 Å². The van der Waals surface area contributed by atoms with Crippen molar-refractivity contribution in [3.8, 4) is 0 Å². The van der Waals surface area contributed by atoms with Gasteiger partial charge in [0.1, 0.15) is 10.2 Å². The predicted octanol–water partition coefficient (Wildman–Crippen LogP) is 2.57. The van der Waals surface area contributed by atoms with Gasteiger partial charge < -0.3 is 10.2 Å². The smallest absolute Gasteiger partial charge is 0.320 e. The Labute approximate surface area is 125 Å². The maximum absolute atomic E-state index is 13.9. The summed E-state index contributed by atoms with van der Waals surface area (Å²) in [5.41, 5.74) is 0.266. The molecular weight excluding hydrogens is 293 g/mol. The normalized spacial score (nSPS) is 15.2. The molecule has 0 aliphatic carbocycles. The van der Waals surface area contributed by atoms with Crippen molar-refractivity contribution in [2.24, 2.45) is 0 Å². The minimum absolute atomic E-state index is 0.266. The van der Waals surface area contributed by atoms with E-state index in [4.69, 9.17) is 0 Å². The Morgan fingerprint density at radius 3 is 2.86 bits per heavy atom. The molecule has 0 atom stereocenters. The molecule has 0 unspecified atom stereocenters. The fraction of sp³-hybridized carbons (Fsp3) is 0.462. The molecule has 1 saturated heterocycles. The third-order valence-electron chi connectivity index (χ3n) is 3.45. The Morgan fingerprint density at radius 1 is 1.38 bits per heavy atom. The van der Waals surface area contributed by atoms with Crippen LogP contribution in [0.25, 0.3) is 10.2 Å². The van der Waals surface area contributed by atoms with Gasteiger partial charge in [-0.2, -0.15) is 0 Å². The van der Waals surface area contributed by atoms with Crippen LogP contribution < -0.4 is 15.5 Å². The van der Waals surface area contributed by atoms with Crippen molar-refractivity contribution in [3.63, 3.8) is 0 Å². The van der Waals surface area contributed by atoms with E-state index in [1.165, 1.54) is 24.8 Å². The highest BCUT2D eigenvalue weighted by atomic mass is 32.1. The molecule has 0 bridgehead atoms. The maximum atomic E-state index is 13.9. The number of hydrogen-bond donors (Lipinski definition) is 2. The van der Waals surface area contributed by atoms with Crippen LogP contribution in [0.1, 0.15) is 19.3 Å². The molecule has 1 aliphatic heterocycles. The van der Waals surface area contributed by atoms with Gasteiger partial charge in [-0.15, -0.1) is 0 Å². The molecule has 0 saturated carbocycles. The van der Waals surface area contributed by atoms with Crippen molar-refractivity contribution >= 4 is 38.5 Å². The van der Waals surface area contributed by atoms with Gasteiger partial charge in [0, 0.05) is 20.1 Å². The lowest BCUT2D eigenvalue weighted by molar-refractivity contribution is 0.254. The van der Waals surface area contributed by atoms with Crippen LogP contribution in [0.4, 0.5) is 20.1 Å². The molecule has 2 N–H and O–H groups in total. The zero-order valence-corrected chi connectivity index (χ0v) is 12.5. The number of thiazole rings is 1. The number of nitrogens with one attached hydrogen (secondary N) is 2. The Bertz CT molecular complexity index is 668. The number of pyridine rings is 1. The second-order valence-electron chi connectivity index (χ2n) is 4.88. The summed E-state index contributed by atoms with van der Waals surface area (Å²) in [5, 5.41) is 5.84. The van der Waals surface area contributed by atoms with Crippen LogP contribution in [0.2, 0.25) is 0 Å². The summed E-state index contributed by atoms with van der Waals surface area (Å²) in [6.45, 7) is 1.88. The number of carbonyl (C=O) groups is 1. The van der Waals surface area contributed by atoms with E-state index in [9.17, 15) is 9.18 Å². The summed E-state index contributed by atoms with van der Waals surface area (Å²) in [7, 11) is 1.52. The first-order valence-electron chi connectivity index (χ1n) is 6.88. The number of hydrogen-bond acceptors (Lipinski definition) is 5. The largest absolute Gasteiger partial charge is 0.348 e. The number of carbonyl (C=O) groups excluding carboxylic acids is 1. The molecule has 0 aromatic carbocycles. The number of piperidine rings is 1. The molecule has 2 amide bonds. The first-order valence-corrected chi connectivity index (χ1v) is 7.69. The maximum Gasteiger partial charge on any atom is 0.320 e. The highest BCUT2D eigenvalue weighted by molar-refractivity contribution is 7.22. The number of nitrogens with zero attached hydrogens (tertiary/aromatic N) is 3. The quantitative estimate of drug-likeness (QED) is 0.894. The number of anilines is 2. The molecule has 1 fully saturated rings. The standard InChI is InChI=1S/C13H16FN5OS/c1-15-12(20)18-11-10-9(8(14)7-16-11)17-13(21-10)19-5-3-2-4-6-19/h7H,2-6H2,1H3,(H2,15,16,18,20).